The van der Waals surface area contributed by atoms with Crippen LogP contribution in [0.2, 0.25) is 0 Å². The molecule has 2 aliphatic heterocycles. The van der Waals surface area contributed by atoms with E-state index < -0.39 is 0 Å². The van der Waals surface area contributed by atoms with E-state index in [0.717, 1.165) is 15.7 Å². The second-order valence-electron chi connectivity index (χ2n) is 2.95. The first kappa shape index (κ1) is 15.9. The number of nitrogens with zero attached hydrogens (tertiary/aromatic N) is 4. The minimum Gasteiger partial charge on any atom is -0.271 e. The van der Waals surface area contributed by atoms with Gasteiger partial charge in [0.1, 0.15) is 13.1 Å². The minimum absolute atomic E-state index is 0.0874. The largest absolute Gasteiger partial charge is 0.347 e. The molecule has 2 rings (SSSR count). The molecule has 2 saturated heterocycles. The summed E-state index contributed by atoms with van der Waals surface area (Å²) in [7, 11) is 0. The van der Waals surface area contributed by atoms with Gasteiger partial charge in [0.2, 0.25) is 0 Å². The first-order valence-electron chi connectivity index (χ1n) is 4.17. The number of hydrogen-bond acceptors (Lipinski definition) is 4. The van der Waals surface area contributed by atoms with Gasteiger partial charge >= 0.3 is 12.1 Å². The maximum atomic E-state index is 10.7. The van der Waals surface area contributed by atoms with Gasteiger partial charge in [-0.05, 0) is 0 Å². The highest BCUT2D eigenvalue weighted by Crippen LogP contribution is 2.17. The summed E-state index contributed by atoms with van der Waals surface area (Å²) in [5.41, 5.74) is 0. The molecule has 0 bridgehead atoms. The van der Waals surface area contributed by atoms with Crippen LogP contribution in [-0.4, -0.2) is 52.7 Å². The first-order chi connectivity index (χ1) is 8.25. The van der Waals surface area contributed by atoms with Gasteiger partial charge in [0, 0.05) is 0 Å². The molecule has 0 spiro atoms. The first-order valence-corrected chi connectivity index (χ1v) is 7.01. The molecule has 2 aliphatic rings. The van der Waals surface area contributed by atoms with Crippen molar-refractivity contribution in [3.63, 3.8) is 0 Å². The van der Waals surface area contributed by atoms with Crippen LogP contribution in [-0.2, 0) is 9.59 Å². The molecule has 0 N–H and O–H groups in total. The monoisotopic (exact) mass is 512 g/mol. The van der Waals surface area contributed by atoms with Crippen LogP contribution in [0.25, 0.3) is 0 Å². The van der Waals surface area contributed by atoms with E-state index in [1.807, 2.05) is 0 Å². The summed E-state index contributed by atoms with van der Waals surface area (Å²) in [5.74, 6) is -0.534. The van der Waals surface area contributed by atoms with Crippen LogP contribution < -0.4 is 0 Å². The fraction of sp³-hybridized carbons (Fsp3) is 0.333. The Balaban J connectivity index is 0.000000180. The minimum atomic E-state index is -0.389. The SMILES string of the molecule is O=C1CN(Br)C(=O)N1Br.O=C1CN(Br)C(=O)N1Br. The molecule has 0 aromatic rings. The normalized spacial score (nSPS) is 19.8. The van der Waals surface area contributed by atoms with E-state index in [9.17, 15) is 19.2 Å². The Morgan fingerprint density at radius 1 is 0.667 bits per heavy atom. The van der Waals surface area contributed by atoms with E-state index in [0.29, 0.717) is 0 Å². The van der Waals surface area contributed by atoms with Crippen molar-refractivity contribution >= 4 is 88.5 Å². The lowest BCUT2D eigenvalue weighted by Gasteiger charge is -2.00. The van der Waals surface area contributed by atoms with Crippen molar-refractivity contribution in [1.29, 1.82) is 0 Å². The van der Waals surface area contributed by atoms with Gasteiger partial charge in [-0.1, -0.05) is 0 Å². The number of imide groups is 2. The molecule has 0 aliphatic carbocycles. The molecule has 100 valence electrons. The molecule has 0 saturated carbocycles. The Morgan fingerprint density at radius 2 is 0.944 bits per heavy atom. The van der Waals surface area contributed by atoms with Gasteiger partial charge in [-0.2, -0.15) is 7.85 Å². The third-order valence-electron chi connectivity index (χ3n) is 1.74. The van der Waals surface area contributed by atoms with E-state index in [-0.39, 0.29) is 37.0 Å². The number of carbonyl (C=O) groups excluding carboxylic acids is 4. The van der Waals surface area contributed by atoms with Gasteiger partial charge in [0.05, 0.1) is 64.6 Å². The van der Waals surface area contributed by atoms with Gasteiger partial charge in [-0.3, -0.25) is 9.59 Å². The average molecular weight is 516 g/mol. The third kappa shape index (κ3) is 3.42. The molecule has 12 heteroatoms. The molecule has 8 nitrogen and oxygen atoms in total. The molecule has 18 heavy (non-hydrogen) atoms. The number of rotatable bonds is 0. The van der Waals surface area contributed by atoms with Crippen molar-refractivity contribution in [2.45, 2.75) is 0 Å². The van der Waals surface area contributed by atoms with Crippen molar-refractivity contribution in [1.82, 2.24) is 15.7 Å². The second kappa shape index (κ2) is 6.30. The maximum Gasteiger partial charge on any atom is 0.347 e. The lowest BCUT2D eigenvalue weighted by molar-refractivity contribution is -0.122. The molecule has 0 radical (unpaired) electrons. The number of urea groups is 2. The van der Waals surface area contributed by atoms with Crippen LogP contribution in [0.5, 0.6) is 0 Å². The van der Waals surface area contributed by atoms with Gasteiger partial charge in [0.15, 0.2) is 0 Å². The molecule has 0 atom stereocenters. The number of hydrogen-bond donors (Lipinski definition) is 0. The highest BCUT2D eigenvalue weighted by molar-refractivity contribution is 9.09. The quantitative estimate of drug-likeness (QED) is 0.364. The summed E-state index contributed by atoms with van der Waals surface area (Å²) in [5, 5.41) is 0. The summed E-state index contributed by atoms with van der Waals surface area (Å²) in [6.45, 7) is 0.175. The van der Waals surface area contributed by atoms with Crippen molar-refractivity contribution in [2.24, 2.45) is 0 Å². The lowest BCUT2D eigenvalue weighted by Crippen LogP contribution is -2.18. The zero-order valence-electron chi connectivity index (χ0n) is 8.35. The summed E-state index contributed by atoms with van der Waals surface area (Å²) in [6.07, 6.45) is 0. The molecular weight excluding hydrogens is 512 g/mol. The van der Waals surface area contributed by atoms with Crippen LogP contribution in [0.15, 0.2) is 0 Å². The van der Waals surface area contributed by atoms with Crippen molar-refractivity contribution in [3.8, 4) is 0 Å². The molecule has 2 heterocycles. The van der Waals surface area contributed by atoms with Crippen LogP contribution in [0.4, 0.5) is 9.59 Å². The molecule has 0 unspecified atom stereocenters. The Labute approximate surface area is 136 Å². The molecule has 2 fully saturated rings. The highest BCUT2D eigenvalue weighted by Gasteiger charge is 2.33. The van der Waals surface area contributed by atoms with Gasteiger partial charge < -0.3 is 0 Å². The summed E-state index contributed by atoms with van der Waals surface area (Å²) < 4.78 is 4.04. The van der Waals surface area contributed by atoms with Gasteiger partial charge in [0.25, 0.3) is 11.8 Å². The van der Waals surface area contributed by atoms with Crippen molar-refractivity contribution in [2.75, 3.05) is 13.1 Å². The van der Waals surface area contributed by atoms with Gasteiger partial charge in [-0.25, -0.2) is 17.4 Å². The lowest BCUT2D eigenvalue weighted by atomic mass is 10.7. The van der Waals surface area contributed by atoms with Crippen LogP contribution >= 0.6 is 64.6 Å². The third-order valence-corrected chi connectivity index (χ3v) is 4.24. The number of carbonyl (C=O) groups is 4. The summed E-state index contributed by atoms with van der Waals surface area (Å²) >= 11 is 11.3. The molecular formula is C6H4Br4N4O4. The topological polar surface area (TPSA) is 81.2 Å². The van der Waals surface area contributed by atoms with Crippen molar-refractivity contribution in [3.05, 3.63) is 0 Å². The smallest absolute Gasteiger partial charge is 0.271 e. The fourth-order valence-corrected chi connectivity index (χ4v) is 2.68. The van der Waals surface area contributed by atoms with Crippen LogP contribution in [0, 0.1) is 0 Å². The Bertz CT molecular complexity index is 380. The van der Waals surface area contributed by atoms with Crippen LogP contribution in [0.1, 0.15) is 0 Å². The zero-order valence-corrected chi connectivity index (χ0v) is 14.7. The Morgan fingerprint density at radius 3 is 1.00 bits per heavy atom. The highest BCUT2D eigenvalue weighted by atomic mass is 79.9. The van der Waals surface area contributed by atoms with Crippen LogP contribution in [0.3, 0.4) is 0 Å². The summed E-state index contributed by atoms with van der Waals surface area (Å²) in [6, 6.07) is -0.778. The molecule has 6 amide bonds. The van der Waals surface area contributed by atoms with Gasteiger partial charge in [-0.15, -0.1) is 0 Å². The molecule has 0 aromatic carbocycles. The fourth-order valence-electron chi connectivity index (χ4n) is 0.901. The predicted molar refractivity (Wildman–Crippen MR) is 73.6 cm³/mol. The zero-order chi connectivity index (χ0) is 14.0. The van der Waals surface area contributed by atoms with Crippen molar-refractivity contribution < 1.29 is 19.2 Å². The van der Waals surface area contributed by atoms with E-state index in [4.69, 9.17) is 0 Å². The van der Waals surface area contributed by atoms with E-state index >= 15 is 0 Å². The van der Waals surface area contributed by atoms with E-state index in [1.54, 1.807) is 0 Å². The maximum absolute atomic E-state index is 10.7. The summed E-state index contributed by atoms with van der Waals surface area (Å²) in [4.78, 5) is 42.5. The second-order valence-corrected chi connectivity index (χ2v) is 6.09. The Hall–Kier alpha value is -0.200. The standard InChI is InChI=1S/2C3H2Br2N2O2/c2*4-6-1-2(8)7(5)3(6)9/h2*1H2. The predicted octanol–water partition coefficient (Wildman–Crippen LogP) is 1.74. The average Bonchev–Trinajstić information content (AvgIpc) is 2.66. The molecule has 0 aromatic heterocycles. The van der Waals surface area contributed by atoms with E-state index in [2.05, 4.69) is 64.6 Å². The Kier molecular flexibility index (Phi) is 5.55. The number of halogens is 4. The number of amides is 6. The van der Waals surface area contributed by atoms with E-state index in [1.165, 1.54) is 0 Å².